The molecule has 0 bridgehead atoms. The van der Waals surface area contributed by atoms with Crippen LogP contribution in [0.2, 0.25) is 5.02 Å². The zero-order chi connectivity index (χ0) is 22.3. The van der Waals surface area contributed by atoms with Crippen molar-refractivity contribution in [3.63, 3.8) is 0 Å². The Balaban J connectivity index is 2.05. The molecule has 160 valence electrons. The highest BCUT2D eigenvalue weighted by Gasteiger charge is 2.27. The number of aromatic hydroxyl groups is 3. The monoisotopic (exact) mass is 440 g/mol. The molecule has 0 radical (unpaired) electrons. The third-order valence-corrected chi connectivity index (χ3v) is 5.68. The summed E-state index contributed by atoms with van der Waals surface area (Å²) in [4.78, 5) is 0. The van der Waals surface area contributed by atoms with Crippen LogP contribution in [0.15, 0.2) is 42.5 Å². The molecule has 0 aromatic heterocycles. The number of phenols is 3. The molecular weight excluding hydrogens is 420 g/mol. The van der Waals surface area contributed by atoms with Crippen LogP contribution in [-0.2, 0) is 0 Å². The average molecular weight is 441 g/mol. The van der Waals surface area contributed by atoms with Gasteiger partial charge in [0.2, 0.25) is 5.75 Å². The number of fused-ring (bicyclic) bond motifs is 1. The lowest BCUT2D eigenvalue weighted by molar-refractivity contribution is 0.339. The van der Waals surface area contributed by atoms with Crippen molar-refractivity contribution in [1.29, 1.82) is 0 Å². The van der Waals surface area contributed by atoms with E-state index in [0.29, 0.717) is 11.3 Å². The molecule has 0 atom stereocenters. The standard InChI is InChI=1S/C24H21ClO6/c1-12-18(26)7-5-15-22(13-4-6-19(27)17(25)8-13)16(11-31-24(12)15)14-9-20(29-2)23(28)21(10-14)30-3/h4-10,26-28H,11H2,1-3H3. The first-order chi connectivity index (χ1) is 14.8. The second kappa shape index (κ2) is 7.96. The van der Waals surface area contributed by atoms with Gasteiger partial charge in [-0.25, -0.2) is 0 Å². The van der Waals surface area contributed by atoms with E-state index in [1.165, 1.54) is 20.3 Å². The van der Waals surface area contributed by atoms with Gasteiger partial charge in [-0.15, -0.1) is 0 Å². The Morgan fingerprint density at radius 1 is 0.871 bits per heavy atom. The normalized spacial score (nSPS) is 12.9. The van der Waals surface area contributed by atoms with Gasteiger partial charge in [0, 0.05) is 16.7 Å². The summed E-state index contributed by atoms with van der Waals surface area (Å²) in [6, 6.07) is 11.8. The second-order valence-corrected chi connectivity index (χ2v) is 7.53. The van der Waals surface area contributed by atoms with Crippen LogP contribution in [0.3, 0.4) is 0 Å². The van der Waals surface area contributed by atoms with E-state index >= 15 is 0 Å². The molecule has 4 rings (SSSR count). The topological polar surface area (TPSA) is 88.4 Å². The molecule has 7 heteroatoms. The molecule has 0 aliphatic carbocycles. The Labute approximate surface area is 184 Å². The van der Waals surface area contributed by atoms with Crippen molar-refractivity contribution >= 4 is 22.7 Å². The van der Waals surface area contributed by atoms with E-state index in [1.54, 1.807) is 43.3 Å². The summed E-state index contributed by atoms with van der Waals surface area (Å²) in [5.41, 5.74) is 4.50. The number of hydrogen-bond donors (Lipinski definition) is 3. The van der Waals surface area contributed by atoms with Gasteiger partial charge in [-0.1, -0.05) is 17.7 Å². The number of phenolic OH excluding ortho intramolecular Hbond substituents is 3. The number of rotatable bonds is 4. The Hall–Kier alpha value is -3.51. The molecule has 1 aliphatic rings. The minimum absolute atomic E-state index is 0.0188. The fourth-order valence-corrected chi connectivity index (χ4v) is 3.91. The van der Waals surface area contributed by atoms with Gasteiger partial charge >= 0.3 is 0 Å². The molecule has 0 spiro atoms. The maximum atomic E-state index is 10.3. The van der Waals surface area contributed by atoms with Crippen molar-refractivity contribution < 1.29 is 29.5 Å². The summed E-state index contributed by atoms with van der Waals surface area (Å²) in [6.45, 7) is 1.98. The zero-order valence-electron chi connectivity index (χ0n) is 17.2. The maximum absolute atomic E-state index is 10.3. The van der Waals surface area contributed by atoms with Crippen LogP contribution in [0.1, 0.15) is 22.3 Å². The van der Waals surface area contributed by atoms with Crippen molar-refractivity contribution in [1.82, 2.24) is 0 Å². The lowest BCUT2D eigenvalue weighted by Gasteiger charge is -2.27. The van der Waals surface area contributed by atoms with E-state index in [9.17, 15) is 15.3 Å². The molecule has 3 aromatic carbocycles. The van der Waals surface area contributed by atoms with E-state index in [2.05, 4.69) is 0 Å². The van der Waals surface area contributed by atoms with Crippen molar-refractivity contribution in [3.05, 3.63) is 69.7 Å². The summed E-state index contributed by atoms with van der Waals surface area (Å²) in [7, 11) is 2.93. The minimum atomic E-state index is -0.0959. The van der Waals surface area contributed by atoms with Crippen molar-refractivity contribution in [2.75, 3.05) is 20.8 Å². The third kappa shape index (κ3) is 3.49. The van der Waals surface area contributed by atoms with Gasteiger partial charge in [0.15, 0.2) is 11.5 Å². The summed E-state index contributed by atoms with van der Waals surface area (Å²) in [5, 5.41) is 30.6. The first-order valence-electron chi connectivity index (χ1n) is 9.48. The molecule has 31 heavy (non-hydrogen) atoms. The molecule has 3 N–H and O–H groups in total. The fraction of sp³-hybridized carbons (Fsp3) is 0.167. The van der Waals surface area contributed by atoms with Gasteiger partial charge < -0.3 is 29.5 Å². The molecule has 0 saturated heterocycles. The Morgan fingerprint density at radius 3 is 2.13 bits per heavy atom. The van der Waals surface area contributed by atoms with Crippen molar-refractivity contribution in [2.45, 2.75) is 6.92 Å². The molecule has 0 amide bonds. The highest BCUT2D eigenvalue weighted by atomic mass is 35.5. The van der Waals surface area contributed by atoms with Crippen LogP contribution in [-0.4, -0.2) is 36.1 Å². The average Bonchev–Trinajstić information content (AvgIpc) is 2.77. The quantitative estimate of drug-likeness (QED) is 0.521. The van der Waals surface area contributed by atoms with Crippen molar-refractivity contribution in [2.24, 2.45) is 0 Å². The number of halogens is 1. The first-order valence-corrected chi connectivity index (χ1v) is 9.86. The molecule has 3 aromatic rings. The summed E-state index contributed by atoms with van der Waals surface area (Å²) in [6.07, 6.45) is 0. The van der Waals surface area contributed by atoms with Crippen LogP contribution in [0.5, 0.6) is 34.5 Å². The lowest BCUT2D eigenvalue weighted by atomic mass is 9.86. The molecule has 0 saturated carbocycles. The van der Waals surface area contributed by atoms with Gasteiger partial charge in [0.1, 0.15) is 23.9 Å². The Morgan fingerprint density at radius 2 is 1.52 bits per heavy atom. The largest absolute Gasteiger partial charge is 0.508 e. The van der Waals surface area contributed by atoms with E-state index in [4.69, 9.17) is 25.8 Å². The summed E-state index contributed by atoms with van der Waals surface area (Å²) >= 11 is 6.21. The van der Waals surface area contributed by atoms with E-state index in [-0.39, 0.29) is 40.4 Å². The zero-order valence-corrected chi connectivity index (χ0v) is 17.9. The smallest absolute Gasteiger partial charge is 0.200 e. The molecular formula is C24H21ClO6. The molecule has 6 nitrogen and oxygen atoms in total. The van der Waals surface area contributed by atoms with Crippen LogP contribution in [0.4, 0.5) is 0 Å². The van der Waals surface area contributed by atoms with Crippen LogP contribution in [0.25, 0.3) is 11.1 Å². The summed E-state index contributed by atoms with van der Waals surface area (Å²) in [5.74, 6) is 1.12. The van der Waals surface area contributed by atoms with E-state index < -0.39 is 0 Å². The second-order valence-electron chi connectivity index (χ2n) is 7.12. The predicted molar refractivity (Wildman–Crippen MR) is 119 cm³/mol. The van der Waals surface area contributed by atoms with Crippen LogP contribution in [0, 0.1) is 6.92 Å². The molecule has 1 heterocycles. The maximum Gasteiger partial charge on any atom is 0.200 e. The minimum Gasteiger partial charge on any atom is -0.508 e. The molecule has 0 fully saturated rings. The SMILES string of the molecule is COc1cc(C2=C(c3ccc(O)c(Cl)c3)c3ccc(O)c(C)c3OC2)cc(OC)c1O. The highest BCUT2D eigenvalue weighted by molar-refractivity contribution is 6.32. The highest BCUT2D eigenvalue weighted by Crippen LogP contribution is 2.47. The van der Waals surface area contributed by atoms with Gasteiger partial charge in [0.25, 0.3) is 0 Å². The van der Waals surface area contributed by atoms with E-state index in [1.807, 2.05) is 0 Å². The lowest BCUT2D eigenvalue weighted by Crippen LogP contribution is -2.13. The number of benzene rings is 3. The van der Waals surface area contributed by atoms with Crippen LogP contribution < -0.4 is 14.2 Å². The Kier molecular flexibility index (Phi) is 5.33. The molecule has 1 aliphatic heterocycles. The van der Waals surface area contributed by atoms with Crippen molar-refractivity contribution in [3.8, 4) is 34.5 Å². The van der Waals surface area contributed by atoms with E-state index in [0.717, 1.165) is 27.8 Å². The van der Waals surface area contributed by atoms with Gasteiger partial charge in [-0.2, -0.15) is 0 Å². The summed E-state index contributed by atoms with van der Waals surface area (Å²) < 4.78 is 16.7. The van der Waals surface area contributed by atoms with Crippen LogP contribution >= 0.6 is 11.6 Å². The van der Waals surface area contributed by atoms with Gasteiger partial charge in [-0.05, 0) is 60.0 Å². The Bertz CT molecular complexity index is 1190. The molecule has 0 unspecified atom stereocenters. The van der Waals surface area contributed by atoms with Gasteiger partial charge in [0.05, 0.1) is 19.2 Å². The number of hydrogen-bond acceptors (Lipinski definition) is 6. The fourth-order valence-electron chi connectivity index (χ4n) is 3.73. The predicted octanol–water partition coefficient (Wildman–Crippen LogP) is 5.13. The third-order valence-electron chi connectivity index (χ3n) is 5.37. The number of methoxy groups -OCH3 is 2. The van der Waals surface area contributed by atoms with Gasteiger partial charge in [-0.3, -0.25) is 0 Å². The number of ether oxygens (including phenoxy) is 3. The first kappa shape index (κ1) is 20.8.